The van der Waals surface area contributed by atoms with E-state index in [0.717, 1.165) is 25.7 Å². The topological polar surface area (TPSA) is 73.6 Å². The third-order valence-electron chi connectivity index (χ3n) is 4.63. The van der Waals surface area contributed by atoms with E-state index in [-0.39, 0.29) is 18.1 Å². The minimum atomic E-state index is -0.319. The summed E-state index contributed by atoms with van der Waals surface area (Å²) >= 11 is 0. The molecule has 0 aromatic heterocycles. The van der Waals surface area contributed by atoms with Gasteiger partial charge in [0.1, 0.15) is 6.61 Å². The molecular formula is C16H32N2O3. The molecule has 1 fully saturated rings. The zero-order valence-corrected chi connectivity index (χ0v) is 14.0. The molecule has 0 aromatic rings. The van der Waals surface area contributed by atoms with Gasteiger partial charge in [0.05, 0.1) is 12.2 Å². The maximum Gasteiger partial charge on any atom is 0.246 e. The zero-order valence-electron chi connectivity index (χ0n) is 14.0. The molecule has 0 atom stereocenters. The molecule has 1 aliphatic carbocycles. The van der Waals surface area contributed by atoms with Crippen LogP contribution in [0.4, 0.5) is 0 Å². The molecule has 0 heterocycles. The largest absolute Gasteiger partial charge is 0.383 e. The molecule has 0 aliphatic heterocycles. The van der Waals surface area contributed by atoms with Gasteiger partial charge in [0.15, 0.2) is 0 Å². The van der Waals surface area contributed by atoms with Gasteiger partial charge in [-0.1, -0.05) is 20.8 Å². The summed E-state index contributed by atoms with van der Waals surface area (Å²) in [6.07, 6.45) is 4.12. The highest BCUT2D eigenvalue weighted by atomic mass is 16.5. The van der Waals surface area contributed by atoms with Crippen molar-refractivity contribution >= 4 is 5.91 Å². The van der Waals surface area contributed by atoms with Gasteiger partial charge in [0.2, 0.25) is 5.91 Å². The second-order valence-electron chi connectivity index (χ2n) is 7.16. The van der Waals surface area contributed by atoms with Crippen LogP contribution < -0.4 is 11.1 Å². The average molecular weight is 300 g/mol. The van der Waals surface area contributed by atoms with Crippen molar-refractivity contribution in [1.82, 2.24) is 5.32 Å². The van der Waals surface area contributed by atoms with E-state index < -0.39 is 0 Å². The Labute approximate surface area is 128 Å². The predicted molar refractivity (Wildman–Crippen MR) is 84.0 cm³/mol. The Morgan fingerprint density at radius 1 is 1.33 bits per heavy atom. The van der Waals surface area contributed by atoms with Gasteiger partial charge in [-0.25, -0.2) is 0 Å². The minimum absolute atomic E-state index is 0.0844. The molecule has 124 valence electrons. The first-order chi connectivity index (χ1) is 9.83. The van der Waals surface area contributed by atoms with Crippen LogP contribution in [0.1, 0.15) is 46.5 Å². The van der Waals surface area contributed by atoms with Gasteiger partial charge in [-0.05, 0) is 37.0 Å². The third kappa shape index (κ3) is 5.93. The molecule has 5 nitrogen and oxygen atoms in total. The van der Waals surface area contributed by atoms with Crippen molar-refractivity contribution in [2.45, 2.75) is 52.1 Å². The molecule has 0 saturated heterocycles. The number of hydrogen-bond acceptors (Lipinski definition) is 4. The van der Waals surface area contributed by atoms with E-state index in [9.17, 15) is 4.79 Å². The summed E-state index contributed by atoms with van der Waals surface area (Å²) in [5.74, 6) is 0.606. The second kappa shape index (κ2) is 8.11. The molecule has 0 radical (unpaired) electrons. The van der Waals surface area contributed by atoms with Crippen molar-refractivity contribution in [2.75, 3.05) is 33.4 Å². The fourth-order valence-corrected chi connectivity index (χ4v) is 2.98. The SMILES string of the molecule is COCCNC(=O)COC1(CN)CCC(C(C)(C)C)CC1. The maximum absolute atomic E-state index is 11.7. The van der Waals surface area contributed by atoms with Gasteiger partial charge < -0.3 is 20.5 Å². The van der Waals surface area contributed by atoms with E-state index in [0.29, 0.717) is 31.0 Å². The van der Waals surface area contributed by atoms with Crippen LogP contribution in [0.25, 0.3) is 0 Å². The number of hydrogen-bond donors (Lipinski definition) is 2. The van der Waals surface area contributed by atoms with Crippen molar-refractivity contribution in [2.24, 2.45) is 17.1 Å². The van der Waals surface area contributed by atoms with Gasteiger partial charge in [-0.3, -0.25) is 4.79 Å². The highest BCUT2D eigenvalue weighted by molar-refractivity contribution is 5.77. The molecule has 0 bridgehead atoms. The molecule has 21 heavy (non-hydrogen) atoms. The van der Waals surface area contributed by atoms with Crippen LogP contribution >= 0.6 is 0 Å². The van der Waals surface area contributed by atoms with Crippen molar-refractivity contribution < 1.29 is 14.3 Å². The van der Waals surface area contributed by atoms with Gasteiger partial charge in [-0.2, -0.15) is 0 Å². The van der Waals surface area contributed by atoms with E-state index in [1.807, 2.05) is 0 Å². The number of carbonyl (C=O) groups is 1. The lowest BCUT2D eigenvalue weighted by atomic mass is 9.68. The van der Waals surface area contributed by atoms with Crippen molar-refractivity contribution in [3.05, 3.63) is 0 Å². The van der Waals surface area contributed by atoms with E-state index in [1.165, 1.54) is 0 Å². The molecule has 5 heteroatoms. The predicted octanol–water partition coefficient (Wildman–Crippen LogP) is 1.70. The summed E-state index contributed by atoms with van der Waals surface area (Å²) in [5, 5.41) is 2.77. The van der Waals surface area contributed by atoms with Crippen LogP contribution in [-0.2, 0) is 14.3 Å². The smallest absolute Gasteiger partial charge is 0.246 e. The average Bonchev–Trinajstić information content (AvgIpc) is 2.45. The first kappa shape index (κ1) is 18.4. The number of amides is 1. The molecule has 1 rings (SSSR count). The van der Waals surface area contributed by atoms with Crippen LogP contribution in [-0.4, -0.2) is 44.9 Å². The number of nitrogens with two attached hydrogens (primary N) is 1. The molecule has 3 N–H and O–H groups in total. The monoisotopic (exact) mass is 300 g/mol. The summed E-state index contributed by atoms with van der Waals surface area (Å²) in [6.45, 7) is 8.46. The molecule has 1 saturated carbocycles. The van der Waals surface area contributed by atoms with Gasteiger partial charge in [0, 0.05) is 20.2 Å². The lowest BCUT2D eigenvalue weighted by Gasteiger charge is -2.43. The quantitative estimate of drug-likeness (QED) is 0.702. The molecular weight excluding hydrogens is 268 g/mol. The molecule has 0 unspecified atom stereocenters. The van der Waals surface area contributed by atoms with E-state index in [1.54, 1.807) is 7.11 Å². The van der Waals surface area contributed by atoms with Crippen LogP contribution in [0.3, 0.4) is 0 Å². The zero-order chi connectivity index (χ0) is 15.9. The summed E-state index contributed by atoms with van der Waals surface area (Å²) in [6, 6.07) is 0. The lowest BCUT2D eigenvalue weighted by molar-refractivity contribution is -0.137. The third-order valence-corrected chi connectivity index (χ3v) is 4.63. The highest BCUT2D eigenvalue weighted by Gasteiger charge is 2.38. The molecule has 0 spiro atoms. The van der Waals surface area contributed by atoms with Crippen molar-refractivity contribution in [3.8, 4) is 0 Å². The first-order valence-corrected chi connectivity index (χ1v) is 7.93. The van der Waals surface area contributed by atoms with E-state index in [4.69, 9.17) is 15.2 Å². The van der Waals surface area contributed by atoms with Crippen LogP contribution in [0.15, 0.2) is 0 Å². The highest BCUT2D eigenvalue weighted by Crippen LogP contribution is 2.42. The number of methoxy groups -OCH3 is 1. The van der Waals surface area contributed by atoms with Gasteiger partial charge >= 0.3 is 0 Å². The van der Waals surface area contributed by atoms with Crippen LogP contribution in [0.5, 0.6) is 0 Å². The maximum atomic E-state index is 11.7. The Morgan fingerprint density at radius 2 is 1.95 bits per heavy atom. The Morgan fingerprint density at radius 3 is 2.43 bits per heavy atom. The van der Waals surface area contributed by atoms with Gasteiger partial charge in [-0.15, -0.1) is 0 Å². The fourth-order valence-electron chi connectivity index (χ4n) is 2.98. The number of rotatable bonds is 7. The Kier molecular flexibility index (Phi) is 7.10. The Balaban J connectivity index is 2.39. The number of nitrogens with one attached hydrogen (secondary N) is 1. The number of carbonyl (C=O) groups excluding carboxylic acids is 1. The summed E-state index contributed by atoms with van der Waals surface area (Å²) in [4.78, 5) is 11.7. The van der Waals surface area contributed by atoms with E-state index in [2.05, 4.69) is 26.1 Å². The minimum Gasteiger partial charge on any atom is -0.383 e. The normalized spacial score (nSPS) is 26.6. The summed E-state index contributed by atoms with van der Waals surface area (Å²) < 4.78 is 10.8. The number of ether oxygens (including phenoxy) is 2. The van der Waals surface area contributed by atoms with Crippen LogP contribution in [0.2, 0.25) is 0 Å². The standard InChI is InChI=1S/C16H32N2O3/c1-15(2,3)13-5-7-16(12-17,8-6-13)21-11-14(19)18-9-10-20-4/h13H,5-12,17H2,1-4H3,(H,18,19). The van der Waals surface area contributed by atoms with Gasteiger partial charge in [0.25, 0.3) is 0 Å². The van der Waals surface area contributed by atoms with Crippen LogP contribution in [0, 0.1) is 11.3 Å². The Hall–Kier alpha value is -0.650. The van der Waals surface area contributed by atoms with Crippen molar-refractivity contribution in [1.29, 1.82) is 0 Å². The van der Waals surface area contributed by atoms with E-state index >= 15 is 0 Å². The molecule has 1 aliphatic rings. The first-order valence-electron chi connectivity index (χ1n) is 7.93. The molecule has 1 amide bonds. The summed E-state index contributed by atoms with van der Waals surface area (Å²) in [5.41, 5.74) is 5.94. The second-order valence-corrected chi connectivity index (χ2v) is 7.16. The fraction of sp³-hybridized carbons (Fsp3) is 0.938. The lowest BCUT2D eigenvalue weighted by Crippen LogP contribution is -2.47. The summed E-state index contributed by atoms with van der Waals surface area (Å²) in [7, 11) is 1.61. The molecule has 0 aromatic carbocycles. The van der Waals surface area contributed by atoms with Crippen molar-refractivity contribution in [3.63, 3.8) is 0 Å². The Bertz CT molecular complexity index is 318.